The number of rotatable bonds is 5. The summed E-state index contributed by atoms with van der Waals surface area (Å²) in [5.41, 5.74) is 4.19. The van der Waals surface area contributed by atoms with Gasteiger partial charge in [0.1, 0.15) is 0 Å². The minimum atomic E-state index is -0.323. The summed E-state index contributed by atoms with van der Waals surface area (Å²) in [6.45, 7) is 6.41. The number of fused-ring (bicyclic) bond motifs is 1. The van der Waals surface area contributed by atoms with Gasteiger partial charge in [0.15, 0.2) is 0 Å². The molecule has 27 heavy (non-hydrogen) atoms. The lowest BCUT2D eigenvalue weighted by Gasteiger charge is -2.26. The van der Waals surface area contributed by atoms with E-state index in [1.165, 1.54) is 5.56 Å². The number of morpholine rings is 1. The van der Waals surface area contributed by atoms with Crippen molar-refractivity contribution in [1.29, 1.82) is 0 Å². The average Bonchev–Trinajstić information content (AvgIpc) is 3.09. The molecule has 0 N–H and O–H groups in total. The number of pyridine rings is 2. The maximum Gasteiger partial charge on any atom is 0.340 e. The van der Waals surface area contributed by atoms with Crippen molar-refractivity contribution >= 4 is 11.5 Å². The quantitative estimate of drug-likeness (QED) is 0.651. The van der Waals surface area contributed by atoms with Crippen LogP contribution >= 0.6 is 0 Å². The first kappa shape index (κ1) is 17.7. The molecule has 6 heteroatoms. The van der Waals surface area contributed by atoms with Crippen molar-refractivity contribution in [3.8, 4) is 11.4 Å². The van der Waals surface area contributed by atoms with E-state index in [0.717, 1.165) is 49.8 Å². The van der Waals surface area contributed by atoms with E-state index >= 15 is 0 Å². The maximum atomic E-state index is 12.5. The zero-order chi connectivity index (χ0) is 18.6. The number of carbonyl (C=O) groups is 1. The van der Waals surface area contributed by atoms with E-state index in [-0.39, 0.29) is 5.97 Å². The standard InChI is InChI=1S/C21H23N3O3/c1-2-27-21(25)18-14-17-5-3-4-8-24(17)20(18)19-13-16(6-7-22-19)15-23-9-11-26-12-10-23/h3-8,13-14H,2,9-12,15H2,1H3. The third-order valence-electron chi connectivity index (χ3n) is 4.75. The number of ether oxygens (including phenoxy) is 2. The van der Waals surface area contributed by atoms with Crippen LogP contribution in [-0.2, 0) is 16.0 Å². The largest absolute Gasteiger partial charge is 0.462 e. The van der Waals surface area contributed by atoms with E-state index in [2.05, 4.69) is 16.0 Å². The Hall–Kier alpha value is -2.70. The minimum absolute atomic E-state index is 0.323. The van der Waals surface area contributed by atoms with Crippen molar-refractivity contribution < 1.29 is 14.3 Å². The van der Waals surface area contributed by atoms with Crippen molar-refractivity contribution in [2.24, 2.45) is 0 Å². The second kappa shape index (κ2) is 7.90. The molecule has 1 aliphatic heterocycles. The highest BCUT2D eigenvalue weighted by molar-refractivity contribution is 5.98. The second-order valence-electron chi connectivity index (χ2n) is 6.56. The topological polar surface area (TPSA) is 56.1 Å². The van der Waals surface area contributed by atoms with Gasteiger partial charge in [0.2, 0.25) is 0 Å². The molecule has 0 spiro atoms. The fraction of sp³-hybridized carbons (Fsp3) is 0.333. The highest BCUT2D eigenvalue weighted by Crippen LogP contribution is 2.28. The van der Waals surface area contributed by atoms with Crippen molar-refractivity contribution in [3.63, 3.8) is 0 Å². The number of nitrogens with zero attached hydrogens (tertiary/aromatic N) is 3. The van der Waals surface area contributed by atoms with E-state index in [0.29, 0.717) is 12.2 Å². The van der Waals surface area contributed by atoms with Crippen LogP contribution in [0.2, 0.25) is 0 Å². The van der Waals surface area contributed by atoms with Crippen LogP contribution in [0.4, 0.5) is 0 Å². The molecule has 1 aliphatic rings. The summed E-state index contributed by atoms with van der Waals surface area (Å²) in [6, 6.07) is 11.8. The van der Waals surface area contributed by atoms with Crippen LogP contribution in [0.3, 0.4) is 0 Å². The molecule has 0 atom stereocenters. The fourth-order valence-corrected chi connectivity index (χ4v) is 3.47. The summed E-state index contributed by atoms with van der Waals surface area (Å²) in [6.07, 6.45) is 3.76. The minimum Gasteiger partial charge on any atom is -0.462 e. The first-order valence-electron chi connectivity index (χ1n) is 9.29. The van der Waals surface area contributed by atoms with Crippen LogP contribution in [0, 0.1) is 0 Å². The van der Waals surface area contributed by atoms with Gasteiger partial charge in [-0.15, -0.1) is 0 Å². The van der Waals surface area contributed by atoms with Gasteiger partial charge in [-0.2, -0.15) is 0 Å². The van der Waals surface area contributed by atoms with E-state index in [9.17, 15) is 4.79 Å². The van der Waals surface area contributed by atoms with Crippen LogP contribution in [0.15, 0.2) is 48.8 Å². The number of esters is 1. The third kappa shape index (κ3) is 3.72. The van der Waals surface area contributed by atoms with Gasteiger partial charge in [-0.25, -0.2) is 4.79 Å². The Morgan fingerprint density at radius 2 is 2.07 bits per heavy atom. The lowest BCUT2D eigenvalue weighted by Crippen LogP contribution is -2.35. The second-order valence-corrected chi connectivity index (χ2v) is 6.56. The zero-order valence-corrected chi connectivity index (χ0v) is 15.4. The summed E-state index contributed by atoms with van der Waals surface area (Å²) in [4.78, 5) is 19.4. The molecule has 0 saturated carbocycles. The van der Waals surface area contributed by atoms with Gasteiger partial charge < -0.3 is 13.9 Å². The first-order valence-corrected chi connectivity index (χ1v) is 9.29. The summed E-state index contributed by atoms with van der Waals surface area (Å²) in [7, 11) is 0. The van der Waals surface area contributed by atoms with Crippen LogP contribution in [-0.4, -0.2) is 53.2 Å². The Balaban J connectivity index is 1.73. The number of aromatic nitrogens is 2. The average molecular weight is 365 g/mol. The Morgan fingerprint density at radius 1 is 1.22 bits per heavy atom. The molecule has 0 radical (unpaired) electrons. The molecule has 1 fully saturated rings. The molecule has 4 heterocycles. The molecule has 0 bridgehead atoms. The predicted molar refractivity (Wildman–Crippen MR) is 103 cm³/mol. The Kier molecular flexibility index (Phi) is 5.18. The van der Waals surface area contributed by atoms with Crippen molar-refractivity contribution in [3.05, 3.63) is 59.9 Å². The molecule has 0 unspecified atom stereocenters. The number of hydrogen-bond donors (Lipinski definition) is 0. The maximum absolute atomic E-state index is 12.5. The van der Waals surface area contributed by atoms with E-state index in [1.54, 1.807) is 0 Å². The Morgan fingerprint density at radius 3 is 2.89 bits per heavy atom. The van der Waals surface area contributed by atoms with Crippen molar-refractivity contribution in [1.82, 2.24) is 14.3 Å². The van der Waals surface area contributed by atoms with Crippen molar-refractivity contribution in [2.45, 2.75) is 13.5 Å². The molecule has 0 amide bonds. The summed E-state index contributed by atoms with van der Waals surface area (Å²) in [5.74, 6) is -0.323. The van der Waals surface area contributed by atoms with Crippen LogP contribution in [0.25, 0.3) is 16.9 Å². The Labute approximate surface area is 158 Å². The summed E-state index contributed by atoms with van der Waals surface area (Å²) >= 11 is 0. The van der Waals surface area contributed by atoms with Gasteiger partial charge in [-0.1, -0.05) is 6.07 Å². The number of carbonyl (C=O) groups excluding carboxylic acids is 1. The molecule has 140 valence electrons. The van der Waals surface area contributed by atoms with Crippen molar-refractivity contribution in [2.75, 3.05) is 32.9 Å². The van der Waals surface area contributed by atoms with Gasteiger partial charge in [0.25, 0.3) is 0 Å². The van der Waals surface area contributed by atoms with Gasteiger partial charge in [0.05, 0.1) is 36.8 Å². The smallest absolute Gasteiger partial charge is 0.340 e. The van der Waals surface area contributed by atoms with Crippen LogP contribution in [0.1, 0.15) is 22.8 Å². The van der Waals surface area contributed by atoms with E-state index in [1.807, 2.05) is 54.0 Å². The molecule has 0 aromatic carbocycles. The highest BCUT2D eigenvalue weighted by Gasteiger charge is 2.20. The van der Waals surface area contributed by atoms with Crippen LogP contribution < -0.4 is 0 Å². The Bertz CT molecular complexity index is 945. The van der Waals surface area contributed by atoms with Gasteiger partial charge >= 0.3 is 5.97 Å². The molecular formula is C21H23N3O3. The van der Waals surface area contributed by atoms with E-state index in [4.69, 9.17) is 9.47 Å². The predicted octanol–water partition coefficient (Wildman–Crippen LogP) is 3.01. The molecular weight excluding hydrogens is 342 g/mol. The highest BCUT2D eigenvalue weighted by atomic mass is 16.5. The zero-order valence-electron chi connectivity index (χ0n) is 15.4. The SMILES string of the molecule is CCOC(=O)c1cc2ccccn2c1-c1cc(CN2CCOCC2)ccn1. The van der Waals surface area contributed by atoms with E-state index < -0.39 is 0 Å². The van der Waals surface area contributed by atoms with Crippen LogP contribution in [0.5, 0.6) is 0 Å². The lowest BCUT2D eigenvalue weighted by molar-refractivity contribution is 0.0342. The molecule has 1 saturated heterocycles. The van der Waals surface area contributed by atoms with Gasteiger partial charge in [-0.3, -0.25) is 9.88 Å². The summed E-state index contributed by atoms with van der Waals surface area (Å²) in [5, 5.41) is 0. The first-order chi connectivity index (χ1) is 13.3. The lowest BCUT2D eigenvalue weighted by atomic mass is 10.1. The summed E-state index contributed by atoms with van der Waals surface area (Å²) < 4.78 is 12.7. The molecule has 3 aromatic heterocycles. The molecule has 4 rings (SSSR count). The normalized spacial score (nSPS) is 15.1. The van der Waals surface area contributed by atoms with Gasteiger partial charge in [-0.05, 0) is 42.8 Å². The molecule has 6 nitrogen and oxygen atoms in total. The number of hydrogen-bond acceptors (Lipinski definition) is 5. The fourth-order valence-electron chi connectivity index (χ4n) is 3.47. The third-order valence-corrected chi connectivity index (χ3v) is 4.75. The molecule has 3 aromatic rings. The van der Waals surface area contributed by atoms with Gasteiger partial charge in [0, 0.05) is 37.5 Å². The monoisotopic (exact) mass is 365 g/mol. The molecule has 0 aliphatic carbocycles.